The molecule has 0 amide bonds. The van der Waals surface area contributed by atoms with Gasteiger partial charge in [0.15, 0.2) is 0 Å². The number of phenols is 1. The third-order valence-electron chi connectivity index (χ3n) is 4.22. The van der Waals surface area contributed by atoms with Crippen molar-refractivity contribution in [3.05, 3.63) is 81.7 Å². The van der Waals surface area contributed by atoms with Crippen LogP contribution in [0.4, 0.5) is 10.1 Å². The Hall–Kier alpha value is -3.46. The maximum atomic E-state index is 13.1. The van der Waals surface area contributed by atoms with Crippen molar-refractivity contribution in [3.63, 3.8) is 0 Å². The number of nitro groups is 1. The van der Waals surface area contributed by atoms with E-state index in [0.29, 0.717) is 16.9 Å². The lowest BCUT2D eigenvalue weighted by Crippen LogP contribution is -2.03. The van der Waals surface area contributed by atoms with Gasteiger partial charge < -0.3 is 9.84 Å². The Kier molecular flexibility index (Phi) is 5.25. The molecule has 0 radical (unpaired) electrons. The summed E-state index contributed by atoms with van der Waals surface area (Å²) >= 11 is 0. The Morgan fingerprint density at radius 2 is 1.59 bits per heavy atom. The lowest BCUT2D eigenvalue weighted by molar-refractivity contribution is -0.385. The smallest absolute Gasteiger partial charge is 0.270 e. The Morgan fingerprint density at radius 3 is 2.14 bits per heavy atom. The highest BCUT2D eigenvalue weighted by Crippen LogP contribution is 2.36. The van der Waals surface area contributed by atoms with Crippen LogP contribution in [0.1, 0.15) is 11.1 Å². The van der Waals surface area contributed by atoms with E-state index in [4.69, 9.17) is 4.74 Å². The van der Waals surface area contributed by atoms with Crippen LogP contribution in [0.3, 0.4) is 0 Å². The van der Waals surface area contributed by atoms with Gasteiger partial charge in [-0.2, -0.15) is 0 Å². The summed E-state index contributed by atoms with van der Waals surface area (Å²) < 4.78 is 44.5. The molecule has 0 spiro atoms. The second kappa shape index (κ2) is 7.51. The van der Waals surface area contributed by atoms with E-state index in [1.54, 1.807) is 13.8 Å². The minimum atomic E-state index is -4.13. The molecule has 1 N–H and O–H groups in total. The van der Waals surface area contributed by atoms with Crippen molar-refractivity contribution in [2.75, 3.05) is 0 Å². The molecule has 0 unspecified atom stereocenters. The van der Waals surface area contributed by atoms with E-state index >= 15 is 0 Å². The number of phenolic OH excluding ortho intramolecular Hbond substituents is 1. The normalized spacial score (nSPS) is 11.3. The Bertz CT molecular complexity index is 1180. The second-order valence-electron chi connectivity index (χ2n) is 6.35. The van der Waals surface area contributed by atoms with Crippen molar-refractivity contribution >= 4 is 15.5 Å². The zero-order valence-electron chi connectivity index (χ0n) is 15.4. The predicted octanol–water partition coefficient (Wildman–Crippen LogP) is 4.68. The van der Waals surface area contributed by atoms with Crippen LogP contribution in [0.5, 0.6) is 17.2 Å². The number of non-ortho nitro benzene ring substituents is 1. The molecule has 0 aliphatic carbocycles. The summed E-state index contributed by atoms with van der Waals surface area (Å²) in [5.74, 6) is -0.622. The van der Waals surface area contributed by atoms with E-state index in [2.05, 4.69) is 0 Å². The molecule has 3 rings (SSSR count). The van der Waals surface area contributed by atoms with Gasteiger partial charge in [-0.15, -0.1) is 0 Å². The van der Waals surface area contributed by atoms with Crippen molar-refractivity contribution in [1.82, 2.24) is 0 Å². The molecular formula is C20H16FNO6S. The Labute approximate surface area is 166 Å². The van der Waals surface area contributed by atoms with Gasteiger partial charge >= 0.3 is 0 Å². The standard InChI is InChI=1S/C20H16FNO6S/c1-12-9-15(22(24)25)10-13(2)20(12)28-16-5-8-18(23)19(11-16)29(26,27)17-6-3-14(21)4-7-17/h3-11,23H,1-2H3. The van der Waals surface area contributed by atoms with Crippen molar-refractivity contribution in [1.29, 1.82) is 0 Å². The molecule has 7 nitrogen and oxygen atoms in total. The summed E-state index contributed by atoms with van der Waals surface area (Å²) in [5.41, 5.74) is 0.901. The quantitative estimate of drug-likeness (QED) is 0.367. The summed E-state index contributed by atoms with van der Waals surface area (Å²) in [7, 11) is -4.13. The monoisotopic (exact) mass is 417 g/mol. The molecule has 3 aromatic rings. The third kappa shape index (κ3) is 4.04. The van der Waals surface area contributed by atoms with E-state index in [1.165, 1.54) is 24.3 Å². The van der Waals surface area contributed by atoms with Gasteiger partial charge in [-0.25, -0.2) is 12.8 Å². The van der Waals surface area contributed by atoms with E-state index in [-0.39, 0.29) is 16.3 Å². The van der Waals surface area contributed by atoms with E-state index in [0.717, 1.165) is 30.3 Å². The SMILES string of the molecule is Cc1cc([N+](=O)[O-])cc(C)c1Oc1ccc(O)c(S(=O)(=O)c2ccc(F)cc2)c1. The molecule has 0 aliphatic rings. The van der Waals surface area contributed by atoms with Crippen LogP contribution in [0.2, 0.25) is 0 Å². The van der Waals surface area contributed by atoms with E-state index in [9.17, 15) is 28.0 Å². The largest absolute Gasteiger partial charge is 0.507 e. The van der Waals surface area contributed by atoms with Crippen molar-refractivity contribution in [2.24, 2.45) is 0 Å². The molecular weight excluding hydrogens is 401 g/mol. The number of aromatic hydroxyl groups is 1. The van der Waals surface area contributed by atoms with Gasteiger partial charge in [-0.05, 0) is 61.4 Å². The van der Waals surface area contributed by atoms with Crippen LogP contribution in [-0.2, 0) is 9.84 Å². The molecule has 0 bridgehead atoms. The van der Waals surface area contributed by atoms with Gasteiger partial charge in [0, 0.05) is 18.2 Å². The Morgan fingerprint density at radius 1 is 1.00 bits per heavy atom. The number of nitrogens with zero attached hydrogens (tertiary/aromatic N) is 1. The lowest BCUT2D eigenvalue weighted by atomic mass is 10.1. The topological polar surface area (TPSA) is 107 Å². The molecule has 29 heavy (non-hydrogen) atoms. The first-order valence-electron chi connectivity index (χ1n) is 8.37. The molecule has 0 heterocycles. The van der Waals surface area contributed by atoms with E-state index in [1.807, 2.05) is 0 Å². The lowest BCUT2D eigenvalue weighted by Gasteiger charge is -2.14. The molecule has 150 valence electrons. The van der Waals surface area contributed by atoms with Crippen LogP contribution < -0.4 is 4.74 Å². The summed E-state index contributed by atoms with van der Waals surface area (Å²) in [6, 6.07) is 10.6. The summed E-state index contributed by atoms with van der Waals surface area (Å²) in [5, 5.41) is 21.0. The maximum absolute atomic E-state index is 13.1. The summed E-state index contributed by atoms with van der Waals surface area (Å²) in [4.78, 5) is 9.86. The first-order valence-corrected chi connectivity index (χ1v) is 9.85. The number of halogens is 1. The number of sulfone groups is 1. The maximum Gasteiger partial charge on any atom is 0.270 e. The van der Waals surface area contributed by atoms with Crippen LogP contribution in [0.15, 0.2) is 64.4 Å². The number of aryl methyl sites for hydroxylation is 2. The van der Waals surface area contributed by atoms with Gasteiger partial charge in [0.05, 0.1) is 9.82 Å². The van der Waals surface area contributed by atoms with Crippen molar-refractivity contribution in [2.45, 2.75) is 23.6 Å². The number of hydrogen-bond acceptors (Lipinski definition) is 6. The first-order chi connectivity index (χ1) is 13.6. The minimum absolute atomic E-state index is 0.0855. The van der Waals surface area contributed by atoms with Crippen LogP contribution in [0, 0.1) is 29.8 Å². The van der Waals surface area contributed by atoms with Crippen molar-refractivity contribution in [3.8, 4) is 17.2 Å². The summed E-state index contributed by atoms with van der Waals surface area (Å²) in [6.07, 6.45) is 0. The second-order valence-corrected chi connectivity index (χ2v) is 8.27. The molecule has 0 atom stereocenters. The highest BCUT2D eigenvalue weighted by atomic mass is 32.2. The van der Waals surface area contributed by atoms with Crippen LogP contribution in [0.25, 0.3) is 0 Å². The number of benzene rings is 3. The number of rotatable bonds is 5. The zero-order chi connectivity index (χ0) is 21.3. The van der Waals surface area contributed by atoms with Gasteiger partial charge in [0.2, 0.25) is 9.84 Å². The fourth-order valence-corrected chi connectivity index (χ4v) is 4.19. The average Bonchev–Trinajstić information content (AvgIpc) is 2.65. The number of ether oxygens (including phenoxy) is 1. The van der Waals surface area contributed by atoms with E-state index < -0.39 is 31.2 Å². The first kappa shape index (κ1) is 20.3. The van der Waals surface area contributed by atoms with Gasteiger partial charge in [-0.1, -0.05) is 0 Å². The third-order valence-corrected chi connectivity index (χ3v) is 6.02. The Balaban J connectivity index is 2.02. The van der Waals surface area contributed by atoms with Gasteiger partial charge in [0.1, 0.15) is 28.0 Å². The number of hydrogen-bond donors (Lipinski definition) is 1. The van der Waals surface area contributed by atoms with Crippen molar-refractivity contribution < 1.29 is 27.6 Å². The molecule has 9 heteroatoms. The highest BCUT2D eigenvalue weighted by Gasteiger charge is 2.23. The van der Waals surface area contributed by atoms with Crippen LogP contribution >= 0.6 is 0 Å². The average molecular weight is 417 g/mol. The fraction of sp³-hybridized carbons (Fsp3) is 0.100. The highest BCUT2D eigenvalue weighted by molar-refractivity contribution is 7.91. The number of nitro benzene ring substituents is 1. The molecule has 0 saturated carbocycles. The minimum Gasteiger partial charge on any atom is -0.507 e. The molecule has 0 saturated heterocycles. The van der Waals surface area contributed by atoms with Gasteiger partial charge in [-0.3, -0.25) is 10.1 Å². The predicted molar refractivity (Wildman–Crippen MR) is 103 cm³/mol. The van der Waals surface area contributed by atoms with Crippen LogP contribution in [-0.4, -0.2) is 18.4 Å². The molecule has 3 aromatic carbocycles. The summed E-state index contributed by atoms with van der Waals surface area (Å²) in [6.45, 7) is 3.26. The molecule has 0 aliphatic heterocycles. The van der Waals surface area contributed by atoms with Gasteiger partial charge in [0.25, 0.3) is 5.69 Å². The molecule has 0 fully saturated rings. The molecule has 0 aromatic heterocycles. The fourth-order valence-electron chi connectivity index (χ4n) is 2.83. The zero-order valence-corrected chi connectivity index (χ0v) is 16.2.